The molecule has 0 saturated carbocycles. The lowest BCUT2D eigenvalue weighted by molar-refractivity contribution is -0.142. The van der Waals surface area contributed by atoms with Crippen LogP contribution in [0.2, 0.25) is 5.02 Å². The van der Waals surface area contributed by atoms with Crippen LogP contribution in [0.3, 0.4) is 0 Å². The van der Waals surface area contributed by atoms with Gasteiger partial charge in [-0.25, -0.2) is 9.50 Å². The van der Waals surface area contributed by atoms with Crippen LogP contribution in [0.5, 0.6) is 0 Å². The topological polar surface area (TPSA) is 71.8 Å². The SMILES string of the molecule is O=C(NCCN1CCOCC1)c1nn2c(C(F)(F)F)cc(-c3ccccc3)nc2c1Cl. The molecule has 1 fully saturated rings. The van der Waals surface area contributed by atoms with Crippen LogP contribution >= 0.6 is 11.6 Å². The van der Waals surface area contributed by atoms with Gasteiger partial charge in [-0.15, -0.1) is 0 Å². The van der Waals surface area contributed by atoms with E-state index in [1.807, 2.05) is 0 Å². The number of fused-ring (bicyclic) bond motifs is 1. The van der Waals surface area contributed by atoms with Crippen molar-refractivity contribution in [2.24, 2.45) is 0 Å². The van der Waals surface area contributed by atoms with Gasteiger partial charge in [0.15, 0.2) is 17.0 Å². The number of carbonyl (C=O) groups excluding carboxylic acids is 1. The summed E-state index contributed by atoms with van der Waals surface area (Å²) in [6.07, 6.45) is -4.72. The maximum atomic E-state index is 13.7. The summed E-state index contributed by atoms with van der Waals surface area (Å²) in [4.78, 5) is 18.9. The number of nitrogens with zero attached hydrogens (tertiary/aromatic N) is 4. The van der Waals surface area contributed by atoms with Crippen LogP contribution in [-0.2, 0) is 10.9 Å². The highest BCUT2D eigenvalue weighted by Crippen LogP contribution is 2.34. The molecule has 0 unspecified atom stereocenters. The number of halogens is 4. The Balaban J connectivity index is 1.64. The van der Waals surface area contributed by atoms with Crippen LogP contribution in [0.15, 0.2) is 36.4 Å². The summed E-state index contributed by atoms with van der Waals surface area (Å²) in [6, 6.07) is 9.31. The van der Waals surface area contributed by atoms with E-state index in [0.717, 1.165) is 19.2 Å². The molecule has 3 aromatic rings. The summed E-state index contributed by atoms with van der Waals surface area (Å²) in [5.74, 6) is -0.654. The van der Waals surface area contributed by atoms with E-state index >= 15 is 0 Å². The van der Waals surface area contributed by atoms with Crippen LogP contribution < -0.4 is 5.32 Å². The first-order valence-electron chi connectivity index (χ1n) is 9.65. The zero-order chi connectivity index (χ0) is 22.0. The maximum Gasteiger partial charge on any atom is 0.433 e. The quantitative estimate of drug-likeness (QED) is 0.642. The molecule has 3 heterocycles. The third-order valence-corrected chi connectivity index (χ3v) is 5.27. The number of hydrogen-bond donors (Lipinski definition) is 1. The molecule has 1 aromatic carbocycles. The summed E-state index contributed by atoms with van der Waals surface area (Å²) in [6.45, 7) is 3.66. The van der Waals surface area contributed by atoms with Crippen molar-refractivity contribution in [3.8, 4) is 11.3 Å². The molecule has 1 aliphatic rings. The number of hydrogen-bond acceptors (Lipinski definition) is 5. The molecule has 7 nitrogen and oxygen atoms in total. The number of carbonyl (C=O) groups is 1. The lowest BCUT2D eigenvalue weighted by atomic mass is 10.1. The predicted molar refractivity (Wildman–Crippen MR) is 108 cm³/mol. The number of nitrogens with one attached hydrogen (secondary N) is 1. The van der Waals surface area contributed by atoms with Gasteiger partial charge >= 0.3 is 6.18 Å². The second kappa shape index (κ2) is 8.81. The zero-order valence-electron chi connectivity index (χ0n) is 16.3. The average Bonchev–Trinajstić information content (AvgIpc) is 3.10. The van der Waals surface area contributed by atoms with E-state index in [-0.39, 0.29) is 22.1 Å². The number of alkyl halides is 3. The number of aromatic nitrogens is 3. The van der Waals surface area contributed by atoms with E-state index in [1.165, 1.54) is 0 Å². The molecule has 11 heteroatoms. The predicted octanol–water partition coefficient (Wildman–Crippen LogP) is 3.13. The van der Waals surface area contributed by atoms with Crippen molar-refractivity contribution in [2.75, 3.05) is 39.4 Å². The molecule has 1 N–H and O–H groups in total. The molecule has 0 spiro atoms. The minimum Gasteiger partial charge on any atom is -0.379 e. The van der Waals surface area contributed by atoms with Crippen molar-refractivity contribution in [1.82, 2.24) is 24.8 Å². The first kappa shape index (κ1) is 21.5. The van der Waals surface area contributed by atoms with Gasteiger partial charge in [0.2, 0.25) is 0 Å². The monoisotopic (exact) mass is 453 g/mol. The Morgan fingerprint density at radius 2 is 1.90 bits per heavy atom. The first-order valence-corrected chi connectivity index (χ1v) is 10.0. The Bertz CT molecular complexity index is 1080. The van der Waals surface area contributed by atoms with Gasteiger partial charge in [-0.3, -0.25) is 9.69 Å². The summed E-state index contributed by atoms with van der Waals surface area (Å²) in [7, 11) is 0. The van der Waals surface area contributed by atoms with Crippen LogP contribution in [-0.4, -0.2) is 64.8 Å². The van der Waals surface area contributed by atoms with Crippen molar-refractivity contribution >= 4 is 23.2 Å². The molecule has 2 aromatic heterocycles. The van der Waals surface area contributed by atoms with Gasteiger partial charge in [0.1, 0.15) is 5.02 Å². The Kier molecular flexibility index (Phi) is 6.12. The third-order valence-electron chi connectivity index (χ3n) is 4.93. The molecule has 4 rings (SSSR count). The lowest BCUT2D eigenvalue weighted by Gasteiger charge is -2.26. The van der Waals surface area contributed by atoms with Crippen molar-refractivity contribution in [3.05, 3.63) is 52.8 Å². The Labute approximate surface area is 180 Å². The van der Waals surface area contributed by atoms with E-state index in [0.29, 0.717) is 36.4 Å². The highest BCUT2D eigenvalue weighted by molar-refractivity contribution is 6.36. The highest BCUT2D eigenvalue weighted by Gasteiger charge is 2.36. The normalized spacial score (nSPS) is 15.4. The molecule has 1 amide bonds. The number of rotatable bonds is 5. The van der Waals surface area contributed by atoms with Crippen LogP contribution in [0.25, 0.3) is 16.9 Å². The van der Waals surface area contributed by atoms with Gasteiger partial charge < -0.3 is 10.1 Å². The van der Waals surface area contributed by atoms with Crippen molar-refractivity contribution in [1.29, 1.82) is 0 Å². The van der Waals surface area contributed by atoms with Gasteiger partial charge in [0.25, 0.3) is 5.91 Å². The van der Waals surface area contributed by atoms with E-state index in [4.69, 9.17) is 16.3 Å². The van der Waals surface area contributed by atoms with Gasteiger partial charge in [0, 0.05) is 31.7 Å². The summed E-state index contributed by atoms with van der Waals surface area (Å²) in [5, 5.41) is 6.27. The minimum atomic E-state index is -4.72. The van der Waals surface area contributed by atoms with Crippen LogP contribution in [0, 0.1) is 0 Å². The highest BCUT2D eigenvalue weighted by atomic mass is 35.5. The van der Waals surface area contributed by atoms with E-state index in [9.17, 15) is 18.0 Å². The molecule has 0 radical (unpaired) electrons. The number of morpholine rings is 1. The van der Waals surface area contributed by atoms with Gasteiger partial charge in [-0.1, -0.05) is 41.9 Å². The fraction of sp³-hybridized carbons (Fsp3) is 0.350. The Morgan fingerprint density at radius 3 is 2.58 bits per heavy atom. The molecule has 0 bridgehead atoms. The molecule has 1 aliphatic heterocycles. The Hall–Kier alpha value is -2.69. The second-order valence-electron chi connectivity index (χ2n) is 7.00. The third kappa shape index (κ3) is 4.65. The van der Waals surface area contributed by atoms with Gasteiger partial charge in [0.05, 0.1) is 18.9 Å². The molecular weight excluding hydrogens is 435 g/mol. The maximum absolute atomic E-state index is 13.7. The fourth-order valence-corrected chi connectivity index (χ4v) is 3.58. The van der Waals surface area contributed by atoms with Crippen molar-refractivity contribution < 1.29 is 22.7 Å². The van der Waals surface area contributed by atoms with E-state index in [1.54, 1.807) is 30.3 Å². The zero-order valence-corrected chi connectivity index (χ0v) is 17.1. The Morgan fingerprint density at radius 1 is 1.19 bits per heavy atom. The van der Waals surface area contributed by atoms with E-state index < -0.39 is 17.8 Å². The fourth-order valence-electron chi connectivity index (χ4n) is 3.33. The van der Waals surface area contributed by atoms with Gasteiger partial charge in [-0.05, 0) is 6.07 Å². The molecule has 1 saturated heterocycles. The molecule has 31 heavy (non-hydrogen) atoms. The molecule has 0 atom stereocenters. The minimum absolute atomic E-state index is 0.0847. The van der Waals surface area contributed by atoms with Crippen LogP contribution in [0.4, 0.5) is 13.2 Å². The summed E-state index contributed by atoms with van der Waals surface area (Å²) in [5.41, 5.74) is -1.02. The van der Waals surface area contributed by atoms with Crippen molar-refractivity contribution in [3.63, 3.8) is 0 Å². The number of amides is 1. The summed E-state index contributed by atoms with van der Waals surface area (Å²) >= 11 is 6.26. The first-order chi connectivity index (χ1) is 14.8. The number of ether oxygens (including phenoxy) is 1. The molecule has 164 valence electrons. The second-order valence-corrected chi connectivity index (χ2v) is 7.38. The van der Waals surface area contributed by atoms with Gasteiger partial charge in [-0.2, -0.15) is 18.3 Å². The largest absolute Gasteiger partial charge is 0.433 e. The molecule has 0 aliphatic carbocycles. The average molecular weight is 454 g/mol. The number of benzene rings is 1. The lowest BCUT2D eigenvalue weighted by Crippen LogP contribution is -2.41. The standard InChI is InChI=1S/C20H19ClF3N5O2/c21-16-17(19(30)25-6-7-28-8-10-31-11-9-28)27-29-15(20(22,23)24)12-14(26-18(16)29)13-4-2-1-3-5-13/h1-5,12H,6-11H2,(H,25,30). The van der Waals surface area contributed by atoms with Crippen molar-refractivity contribution in [2.45, 2.75) is 6.18 Å². The van der Waals surface area contributed by atoms with E-state index in [2.05, 4.69) is 20.3 Å². The summed E-state index contributed by atoms with van der Waals surface area (Å²) < 4.78 is 47.0. The van der Waals surface area contributed by atoms with Crippen LogP contribution in [0.1, 0.15) is 16.2 Å². The smallest absolute Gasteiger partial charge is 0.379 e. The molecular formula is C20H19ClF3N5O2.